The minimum atomic E-state index is 0.00283. The molecule has 1 aliphatic rings. The zero-order valence-corrected chi connectivity index (χ0v) is 14.5. The fourth-order valence-corrected chi connectivity index (χ4v) is 3.02. The number of hydrogen-bond acceptors (Lipinski definition) is 2. The molecule has 0 aromatic heterocycles. The van der Waals surface area contributed by atoms with Crippen LogP contribution in [0.25, 0.3) is 0 Å². The van der Waals surface area contributed by atoms with Gasteiger partial charge in [-0.1, -0.05) is 42.5 Å². The highest BCUT2D eigenvalue weighted by Crippen LogP contribution is 2.17. The predicted octanol–water partition coefficient (Wildman–Crippen LogP) is 3.65. The third-order valence-corrected chi connectivity index (χ3v) is 4.54. The van der Waals surface area contributed by atoms with Crippen molar-refractivity contribution in [3.05, 3.63) is 65.2 Å². The molecule has 0 radical (unpaired) electrons. The van der Waals surface area contributed by atoms with Gasteiger partial charge in [-0.2, -0.15) is 0 Å². The second kappa shape index (κ2) is 7.49. The van der Waals surface area contributed by atoms with Gasteiger partial charge in [-0.05, 0) is 36.6 Å². The molecule has 2 aromatic carbocycles. The molecule has 0 aliphatic carbocycles. The quantitative estimate of drug-likeness (QED) is 0.936. The maximum absolute atomic E-state index is 12.5. The average Bonchev–Trinajstić information content (AvgIpc) is 2.60. The van der Waals surface area contributed by atoms with Crippen molar-refractivity contribution >= 4 is 11.7 Å². The van der Waals surface area contributed by atoms with Gasteiger partial charge in [0.05, 0.1) is 0 Å². The Morgan fingerprint density at radius 3 is 2.42 bits per heavy atom. The van der Waals surface area contributed by atoms with E-state index >= 15 is 0 Å². The number of nitrogens with zero attached hydrogens (tertiary/aromatic N) is 2. The highest BCUT2D eigenvalue weighted by molar-refractivity contribution is 5.90. The SMILES string of the molecule is Cc1ccc(C)c(NC(=O)N2CCN(Cc3ccccc3)CC2)c1. The average molecular weight is 323 g/mol. The fourth-order valence-electron chi connectivity index (χ4n) is 3.02. The van der Waals surface area contributed by atoms with Crippen molar-refractivity contribution in [2.45, 2.75) is 20.4 Å². The molecule has 126 valence electrons. The first-order valence-electron chi connectivity index (χ1n) is 8.51. The van der Waals surface area contributed by atoms with E-state index in [-0.39, 0.29) is 6.03 Å². The number of nitrogens with one attached hydrogen (secondary N) is 1. The van der Waals surface area contributed by atoms with Crippen molar-refractivity contribution in [1.29, 1.82) is 0 Å². The van der Waals surface area contributed by atoms with E-state index in [0.717, 1.165) is 49.5 Å². The first kappa shape index (κ1) is 16.5. The Morgan fingerprint density at radius 2 is 1.71 bits per heavy atom. The molecule has 0 spiro atoms. The Bertz CT molecular complexity index is 691. The third kappa shape index (κ3) is 4.15. The number of urea groups is 1. The lowest BCUT2D eigenvalue weighted by molar-refractivity contribution is 0.143. The predicted molar refractivity (Wildman–Crippen MR) is 98.2 cm³/mol. The van der Waals surface area contributed by atoms with Crippen LogP contribution in [0.4, 0.5) is 10.5 Å². The first-order chi connectivity index (χ1) is 11.6. The second-order valence-electron chi connectivity index (χ2n) is 6.50. The van der Waals surface area contributed by atoms with Gasteiger partial charge in [-0.15, -0.1) is 0 Å². The summed E-state index contributed by atoms with van der Waals surface area (Å²) in [6.07, 6.45) is 0. The standard InChI is InChI=1S/C20H25N3O/c1-16-8-9-17(2)19(14-16)21-20(24)23-12-10-22(11-13-23)15-18-6-4-3-5-7-18/h3-9,14H,10-13,15H2,1-2H3,(H,21,24). The van der Waals surface area contributed by atoms with E-state index in [2.05, 4.69) is 40.5 Å². The van der Waals surface area contributed by atoms with E-state index in [0.29, 0.717) is 0 Å². The molecular weight excluding hydrogens is 298 g/mol. The molecule has 2 amide bonds. The van der Waals surface area contributed by atoms with E-state index in [9.17, 15) is 4.79 Å². The molecule has 1 heterocycles. The van der Waals surface area contributed by atoms with Crippen LogP contribution in [0.3, 0.4) is 0 Å². The number of amides is 2. The van der Waals surface area contributed by atoms with Gasteiger partial charge in [0.2, 0.25) is 0 Å². The van der Waals surface area contributed by atoms with E-state index in [1.54, 1.807) is 0 Å². The first-order valence-corrected chi connectivity index (χ1v) is 8.51. The van der Waals surface area contributed by atoms with Crippen molar-refractivity contribution in [3.63, 3.8) is 0 Å². The molecule has 0 unspecified atom stereocenters. The Morgan fingerprint density at radius 1 is 1.00 bits per heavy atom. The molecule has 24 heavy (non-hydrogen) atoms. The summed E-state index contributed by atoms with van der Waals surface area (Å²) in [5.74, 6) is 0. The van der Waals surface area contributed by atoms with Gasteiger partial charge in [0.1, 0.15) is 0 Å². The molecule has 0 saturated carbocycles. The summed E-state index contributed by atoms with van der Waals surface area (Å²) < 4.78 is 0. The van der Waals surface area contributed by atoms with Gasteiger partial charge in [0.15, 0.2) is 0 Å². The molecule has 1 N–H and O–H groups in total. The molecule has 4 nitrogen and oxygen atoms in total. The maximum Gasteiger partial charge on any atom is 0.321 e. The molecule has 1 saturated heterocycles. The van der Waals surface area contributed by atoms with Crippen LogP contribution in [-0.2, 0) is 6.54 Å². The molecule has 1 fully saturated rings. The molecule has 3 rings (SSSR count). The van der Waals surface area contributed by atoms with Crippen LogP contribution in [0.1, 0.15) is 16.7 Å². The van der Waals surface area contributed by atoms with Crippen LogP contribution in [0.15, 0.2) is 48.5 Å². The summed E-state index contributed by atoms with van der Waals surface area (Å²) in [6.45, 7) is 8.37. The lowest BCUT2D eigenvalue weighted by atomic mass is 10.1. The molecule has 0 atom stereocenters. The Kier molecular flexibility index (Phi) is 5.16. The molecular formula is C20H25N3O. The maximum atomic E-state index is 12.5. The van der Waals surface area contributed by atoms with E-state index in [1.807, 2.05) is 36.9 Å². The number of aryl methyl sites for hydroxylation is 2. The fraction of sp³-hybridized carbons (Fsp3) is 0.350. The second-order valence-corrected chi connectivity index (χ2v) is 6.50. The Labute approximate surface area is 144 Å². The number of hydrogen-bond donors (Lipinski definition) is 1. The monoisotopic (exact) mass is 323 g/mol. The van der Waals surface area contributed by atoms with Gasteiger partial charge < -0.3 is 10.2 Å². The number of benzene rings is 2. The van der Waals surface area contributed by atoms with Gasteiger partial charge >= 0.3 is 6.03 Å². The van der Waals surface area contributed by atoms with Gasteiger partial charge in [-0.25, -0.2) is 4.79 Å². The van der Waals surface area contributed by atoms with Crippen LogP contribution >= 0.6 is 0 Å². The summed E-state index contributed by atoms with van der Waals surface area (Å²) in [5, 5.41) is 3.05. The van der Waals surface area contributed by atoms with Gasteiger partial charge in [-0.3, -0.25) is 4.90 Å². The van der Waals surface area contributed by atoms with Crippen LogP contribution in [0, 0.1) is 13.8 Å². The Hall–Kier alpha value is -2.33. The van der Waals surface area contributed by atoms with Crippen LogP contribution < -0.4 is 5.32 Å². The largest absolute Gasteiger partial charge is 0.322 e. The normalized spacial score (nSPS) is 15.3. The smallest absolute Gasteiger partial charge is 0.321 e. The van der Waals surface area contributed by atoms with Gasteiger partial charge in [0.25, 0.3) is 0 Å². The number of piperazine rings is 1. The highest BCUT2D eigenvalue weighted by atomic mass is 16.2. The number of carbonyl (C=O) groups is 1. The topological polar surface area (TPSA) is 35.6 Å². The van der Waals surface area contributed by atoms with Crippen LogP contribution in [0.2, 0.25) is 0 Å². The molecule has 0 bridgehead atoms. The van der Waals surface area contributed by atoms with Crippen LogP contribution in [0.5, 0.6) is 0 Å². The van der Waals surface area contributed by atoms with Crippen molar-refractivity contribution in [2.75, 3.05) is 31.5 Å². The summed E-state index contributed by atoms with van der Waals surface area (Å²) in [6, 6.07) is 16.6. The summed E-state index contributed by atoms with van der Waals surface area (Å²) >= 11 is 0. The van der Waals surface area contributed by atoms with E-state index < -0.39 is 0 Å². The van der Waals surface area contributed by atoms with E-state index in [1.165, 1.54) is 5.56 Å². The minimum Gasteiger partial charge on any atom is -0.322 e. The zero-order valence-electron chi connectivity index (χ0n) is 14.5. The van der Waals surface area contributed by atoms with E-state index in [4.69, 9.17) is 0 Å². The third-order valence-electron chi connectivity index (χ3n) is 4.54. The number of carbonyl (C=O) groups excluding carboxylic acids is 1. The summed E-state index contributed by atoms with van der Waals surface area (Å²) in [4.78, 5) is 16.8. The molecule has 4 heteroatoms. The number of rotatable bonds is 3. The lowest BCUT2D eigenvalue weighted by Crippen LogP contribution is -2.49. The van der Waals surface area contributed by atoms with Crippen molar-refractivity contribution in [2.24, 2.45) is 0 Å². The molecule has 1 aliphatic heterocycles. The summed E-state index contributed by atoms with van der Waals surface area (Å²) in [5.41, 5.74) is 4.48. The summed E-state index contributed by atoms with van der Waals surface area (Å²) in [7, 11) is 0. The minimum absolute atomic E-state index is 0.00283. The zero-order chi connectivity index (χ0) is 16.9. The van der Waals surface area contributed by atoms with Crippen molar-refractivity contribution < 1.29 is 4.79 Å². The molecule has 2 aromatic rings. The van der Waals surface area contributed by atoms with Gasteiger partial charge in [0, 0.05) is 38.4 Å². The number of anilines is 1. The lowest BCUT2D eigenvalue weighted by Gasteiger charge is -2.34. The van der Waals surface area contributed by atoms with Crippen LogP contribution in [-0.4, -0.2) is 42.0 Å². The highest BCUT2D eigenvalue weighted by Gasteiger charge is 2.21. The van der Waals surface area contributed by atoms with Crippen molar-refractivity contribution in [3.8, 4) is 0 Å². The Balaban J connectivity index is 1.52. The van der Waals surface area contributed by atoms with Crippen molar-refractivity contribution in [1.82, 2.24) is 9.80 Å².